The summed E-state index contributed by atoms with van der Waals surface area (Å²) in [5, 5.41) is 8.31. The van der Waals surface area contributed by atoms with Gasteiger partial charge in [0.05, 0.1) is 25.7 Å². The second kappa shape index (κ2) is 8.40. The van der Waals surface area contributed by atoms with Crippen molar-refractivity contribution in [2.75, 3.05) is 25.7 Å². The number of carbonyl (C=O) groups is 1. The first-order valence-corrected chi connectivity index (χ1v) is 6.87. The van der Waals surface area contributed by atoms with Gasteiger partial charge < -0.3 is 14.6 Å². The van der Waals surface area contributed by atoms with E-state index in [9.17, 15) is 13.2 Å². The van der Waals surface area contributed by atoms with E-state index in [1.165, 1.54) is 0 Å². The van der Waals surface area contributed by atoms with E-state index in [0.29, 0.717) is 0 Å². The standard InChI is InChI=1S/C9H19NO6S/c1-8(2)16-7-17(13,14)10-4-6-15-5-3-9(11)12/h8,10H,3-7H2,1-2H3,(H,11,12). The van der Waals surface area contributed by atoms with Gasteiger partial charge in [-0.25, -0.2) is 13.1 Å². The Balaban J connectivity index is 3.56. The average molecular weight is 269 g/mol. The maximum absolute atomic E-state index is 11.3. The molecular weight excluding hydrogens is 250 g/mol. The molecule has 0 saturated heterocycles. The lowest BCUT2D eigenvalue weighted by Gasteiger charge is -2.09. The van der Waals surface area contributed by atoms with Crippen molar-refractivity contribution in [3.05, 3.63) is 0 Å². The number of rotatable bonds is 10. The van der Waals surface area contributed by atoms with E-state index < -0.39 is 16.0 Å². The Hall–Kier alpha value is -0.700. The zero-order chi connectivity index (χ0) is 13.3. The Morgan fingerprint density at radius 3 is 2.53 bits per heavy atom. The van der Waals surface area contributed by atoms with E-state index in [-0.39, 0.29) is 38.2 Å². The van der Waals surface area contributed by atoms with Crippen molar-refractivity contribution in [3.63, 3.8) is 0 Å². The van der Waals surface area contributed by atoms with Crippen LogP contribution in [-0.4, -0.2) is 51.3 Å². The third-order valence-electron chi connectivity index (χ3n) is 1.59. The van der Waals surface area contributed by atoms with Gasteiger partial charge in [-0.3, -0.25) is 4.79 Å². The van der Waals surface area contributed by atoms with E-state index in [2.05, 4.69) is 4.72 Å². The summed E-state index contributed by atoms with van der Waals surface area (Å²) >= 11 is 0. The van der Waals surface area contributed by atoms with Crippen LogP contribution in [0.1, 0.15) is 20.3 Å². The summed E-state index contributed by atoms with van der Waals surface area (Å²) < 4.78 is 34.7. The highest BCUT2D eigenvalue weighted by Gasteiger charge is 2.10. The molecule has 0 saturated carbocycles. The van der Waals surface area contributed by atoms with Gasteiger partial charge in [-0.1, -0.05) is 0 Å². The van der Waals surface area contributed by atoms with E-state index in [4.69, 9.17) is 14.6 Å². The van der Waals surface area contributed by atoms with Crippen LogP contribution in [0.15, 0.2) is 0 Å². The van der Waals surface area contributed by atoms with E-state index in [1.807, 2.05) is 0 Å². The van der Waals surface area contributed by atoms with Gasteiger partial charge in [0, 0.05) is 6.54 Å². The molecule has 0 spiro atoms. The summed E-state index contributed by atoms with van der Waals surface area (Å²) in [4.78, 5) is 10.1. The van der Waals surface area contributed by atoms with Crippen molar-refractivity contribution in [1.29, 1.82) is 0 Å². The van der Waals surface area contributed by atoms with E-state index in [0.717, 1.165) is 0 Å². The first-order valence-electron chi connectivity index (χ1n) is 5.22. The second-order valence-electron chi connectivity index (χ2n) is 3.60. The lowest BCUT2D eigenvalue weighted by Crippen LogP contribution is -2.31. The predicted molar refractivity (Wildman–Crippen MR) is 61.1 cm³/mol. The molecule has 0 bridgehead atoms. The molecule has 0 radical (unpaired) electrons. The molecular formula is C9H19NO6S. The van der Waals surface area contributed by atoms with Crippen LogP contribution in [0.25, 0.3) is 0 Å². The van der Waals surface area contributed by atoms with Crippen LogP contribution < -0.4 is 4.72 Å². The molecule has 17 heavy (non-hydrogen) atoms. The van der Waals surface area contributed by atoms with Crippen molar-refractivity contribution in [2.45, 2.75) is 26.4 Å². The number of sulfonamides is 1. The van der Waals surface area contributed by atoms with Crippen LogP contribution in [0, 0.1) is 0 Å². The van der Waals surface area contributed by atoms with Gasteiger partial charge in [0.1, 0.15) is 0 Å². The molecule has 0 aromatic carbocycles. The van der Waals surface area contributed by atoms with Crippen molar-refractivity contribution in [1.82, 2.24) is 4.72 Å². The molecule has 0 aliphatic heterocycles. The molecule has 0 amide bonds. The quantitative estimate of drug-likeness (QED) is 0.532. The third kappa shape index (κ3) is 11.6. The maximum Gasteiger partial charge on any atom is 0.305 e. The highest BCUT2D eigenvalue weighted by Crippen LogP contribution is 1.92. The number of ether oxygens (including phenoxy) is 2. The van der Waals surface area contributed by atoms with Crippen LogP contribution in [0.5, 0.6) is 0 Å². The highest BCUT2D eigenvalue weighted by atomic mass is 32.2. The zero-order valence-corrected chi connectivity index (χ0v) is 10.8. The zero-order valence-electron chi connectivity index (χ0n) is 10.0. The number of nitrogens with one attached hydrogen (secondary N) is 1. The molecule has 102 valence electrons. The van der Waals surface area contributed by atoms with Crippen LogP contribution in [0.4, 0.5) is 0 Å². The summed E-state index contributed by atoms with van der Waals surface area (Å²) in [6.45, 7) is 3.78. The maximum atomic E-state index is 11.3. The lowest BCUT2D eigenvalue weighted by molar-refractivity contribution is -0.138. The fourth-order valence-electron chi connectivity index (χ4n) is 0.798. The summed E-state index contributed by atoms with van der Waals surface area (Å²) in [7, 11) is -3.45. The molecule has 0 aliphatic carbocycles. The van der Waals surface area contributed by atoms with Crippen LogP contribution >= 0.6 is 0 Å². The van der Waals surface area contributed by atoms with Crippen LogP contribution in [0.3, 0.4) is 0 Å². The minimum Gasteiger partial charge on any atom is -0.481 e. The van der Waals surface area contributed by atoms with Gasteiger partial charge in [-0.15, -0.1) is 0 Å². The van der Waals surface area contributed by atoms with Crippen molar-refractivity contribution >= 4 is 16.0 Å². The first-order chi connectivity index (χ1) is 7.83. The van der Waals surface area contributed by atoms with Gasteiger partial charge in [0.15, 0.2) is 5.94 Å². The molecule has 0 rings (SSSR count). The van der Waals surface area contributed by atoms with Crippen molar-refractivity contribution in [3.8, 4) is 0 Å². The highest BCUT2D eigenvalue weighted by molar-refractivity contribution is 7.89. The van der Waals surface area contributed by atoms with Gasteiger partial charge in [-0.2, -0.15) is 0 Å². The van der Waals surface area contributed by atoms with Gasteiger partial charge in [0.2, 0.25) is 10.0 Å². The molecule has 0 aromatic heterocycles. The molecule has 0 aromatic rings. The Morgan fingerprint density at radius 2 is 2.00 bits per heavy atom. The number of carboxylic acid groups (broad SMARTS) is 1. The number of hydrogen-bond donors (Lipinski definition) is 2. The van der Waals surface area contributed by atoms with Crippen LogP contribution in [0.2, 0.25) is 0 Å². The Morgan fingerprint density at radius 1 is 1.35 bits per heavy atom. The topological polar surface area (TPSA) is 102 Å². The minimum absolute atomic E-state index is 0.0690. The molecule has 0 fully saturated rings. The minimum atomic E-state index is -3.45. The molecule has 0 unspecified atom stereocenters. The Labute approximate surface area is 101 Å². The largest absolute Gasteiger partial charge is 0.481 e. The lowest BCUT2D eigenvalue weighted by atomic mass is 10.5. The summed E-state index contributed by atoms with van der Waals surface area (Å²) in [5.74, 6) is -1.34. The van der Waals surface area contributed by atoms with Gasteiger partial charge in [0.25, 0.3) is 0 Å². The summed E-state index contributed by atoms with van der Waals surface area (Å²) in [6, 6.07) is 0. The predicted octanol–water partition coefficient (Wildman–Crippen LogP) is -0.220. The van der Waals surface area contributed by atoms with Crippen molar-refractivity contribution < 1.29 is 27.8 Å². The molecule has 7 nitrogen and oxygen atoms in total. The first kappa shape index (κ1) is 16.3. The van der Waals surface area contributed by atoms with Crippen LogP contribution in [-0.2, 0) is 24.3 Å². The normalized spacial score (nSPS) is 11.9. The molecule has 2 N–H and O–H groups in total. The Bertz CT molecular complexity index is 313. The monoisotopic (exact) mass is 269 g/mol. The second-order valence-corrected chi connectivity index (χ2v) is 5.35. The van der Waals surface area contributed by atoms with E-state index >= 15 is 0 Å². The number of hydrogen-bond acceptors (Lipinski definition) is 5. The van der Waals surface area contributed by atoms with Crippen molar-refractivity contribution in [2.24, 2.45) is 0 Å². The van der Waals surface area contributed by atoms with E-state index in [1.54, 1.807) is 13.8 Å². The summed E-state index contributed by atoms with van der Waals surface area (Å²) in [6.07, 6.45) is -0.248. The molecule has 8 heteroatoms. The van der Waals surface area contributed by atoms with Gasteiger partial charge >= 0.3 is 5.97 Å². The third-order valence-corrected chi connectivity index (χ3v) is 2.68. The smallest absolute Gasteiger partial charge is 0.305 e. The fourth-order valence-corrected chi connectivity index (χ4v) is 1.73. The van der Waals surface area contributed by atoms with Gasteiger partial charge in [-0.05, 0) is 13.8 Å². The number of carboxylic acids is 1. The Kier molecular flexibility index (Phi) is 8.05. The summed E-state index contributed by atoms with van der Waals surface area (Å²) in [5.41, 5.74) is 0. The number of aliphatic carboxylic acids is 1. The SMILES string of the molecule is CC(C)OCS(=O)(=O)NCCOCCC(=O)O. The molecule has 0 atom stereocenters. The molecule has 0 aliphatic rings. The molecule has 0 heterocycles. The fraction of sp³-hybridized carbons (Fsp3) is 0.889. The average Bonchev–Trinajstić information content (AvgIpc) is 2.20.